The van der Waals surface area contributed by atoms with Gasteiger partial charge in [0.2, 0.25) is 0 Å². The van der Waals surface area contributed by atoms with Crippen molar-refractivity contribution in [2.45, 2.75) is 24.5 Å². The molecule has 1 aliphatic carbocycles. The van der Waals surface area contributed by atoms with Crippen LogP contribution < -0.4 is 10.1 Å². The summed E-state index contributed by atoms with van der Waals surface area (Å²) in [5, 5.41) is 5.34. The molecule has 4 heteroatoms. The number of nitrogens with one attached hydrogen (secondary N) is 1. The van der Waals surface area contributed by atoms with Gasteiger partial charge in [0, 0.05) is 11.8 Å². The second kappa shape index (κ2) is 5.87. The Hall–Kier alpha value is -1.16. The van der Waals surface area contributed by atoms with Gasteiger partial charge in [-0.25, -0.2) is 0 Å². The standard InChI is InChI=1S/C15H20N2OS/c1-18-13-4-2-3-11(9-13)7-8-16-15-17-10-14(19-15)12-5-6-12/h2-4,9,12,14H,5-8,10H2,1H3,(H,16,17). The van der Waals surface area contributed by atoms with Crippen molar-refractivity contribution < 1.29 is 4.74 Å². The molecule has 3 nitrogen and oxygen atoms in total. The van der Waals surface area contributed by atoms with Crippen LogP contribution in [-0.4, -0.2) is 30.6 Å². The molecule has 0 radical (unpaired) electrons. The molecule has 0 amide bonds. The van der Waals surface area contributed by atoms with Gasteiger partial charge in [0.15, 0.2) is 5.17 Å². The second-order valence-corrected chi connectivity index (χ2v) is 6.40. The van der Waals surface area contributed by atoms with Crippen LogP contribution >= 0.6 is 11.8 Å². The Balaban J connectivity index is 1.42. The van der Waals surface area contributed by atoms with Gasteiger partial charge >= 0.3 is 0 Å². The van der Waals surface area contributed by atoms with E-state index in [9.17, 15) is 0 Å². The van der Waals surface area contributed by atoms with E-state index in [-0.39, 0.29) is 0 Å². The molecule has 102 valence electrons. The summed E-state index contributed by atoms with van der Waals surface area (Å²) in [6.07, 6.45) is 3.82. The lowest BCUT2D eigenvalue weighted by Gasteiger charge is -2.08. The summed E-state index contributed by atoms with van der Waals surface area (Å²) in [5.41, 5.74) is 1.30. The maximum absolute atomic E-state index is 5.23. The molecule has 1 heterocycles. The van der Waals surface area contributed by atoms with Crippen LogP contribution in [0, 0.1) is 5.92 Å². The van der Waals surface area contributed by atoms with Crippen LogP contribution in [0.4, 0.5) is 0 Å². The summed E-state index contributed by atoms with van der Waals surface area (Å²) in [6, 6.07) is 8.26. The van der Waals surface area contributed by atoms with E-state index in [4.69, 9.17) is 4.74 Å². The summed E-state index contributed by atoms with van der Waals surface area (Å²) in [7, 11) is 1.71. The fourth-order valence-corrected chi connectivity index (χ4v) is 3.58. The molecule has 1 aromatic carbocycles. The number of methoxy groups -OCH3 is 1. The van der Waals surface area contributed by atoms with Crippen LogP contribution in [0.3, 0.4) is 0 Å². The molecule has 1 saturated carbocycles. The molecule has 3 rings (SSSR count). The predicted octanol–water partition coefficient (Wildman–Crippen LogP) is 2.71. The van der Waals surface area contributed by atoms with E-state index >= 15 is 0 Å². The summed E-state index contributed by atoms with van der Waals surface area (Å²) in [6.45, 7) is 1.95. The molecule has 0 aromatic heterocycles. The van der Waals surface area contributed by atoms with Crippen molar-refractivity contribution in [1.82, 2.24) is 5.32 Å². The molecular weight excluding hydrogens is 256 g/mol. The molecule has 1 aliphatic heterocycles. The maximum Gasteiger partial charge on any atom is 0.156 e. The van der Waals surface area contributed by atoms with Crippen molar-refractivity contribution >= 4 is 16.9 Å². The van der Waals surface area contributed by atoms with Gasteiger partial charge in [-0.15, -0.1) is 0 Å². The Bertz CT molecular complexity index is 471. The Morgan fingerprint density at radius 3 is 3.11 bits per heavy atom. The zero-order valence-electron chi connectivity index (χ0n) is 11.3. The van der Waals surface area contributed by atoms with Crippen molar-refractivity contribution in [2.24, 2.45) is 10.9 Å². The van der Waals surface area contributed by atoms with Crippen LogP contribution in [0.1, 0.15) is 18.4 Å². The fraction of sp³-hybridized carbons (Fsp3) is 0.533. The van der Waals surface area contributed by atoms with Gasteiger partial charge < -0.3 is 10.1 Å². The Morgan fingerprint density at radius 1 is 1.42 bits per heavy atom. The van der Waals surface area contributed by atoms with E-state index < -0.39 is 0 Å². The quantitative estimate of drug-likeness (QED) is 0.898. The average molecular weight is 276 g/mol. The molecular formula is C15H20N2OS. The molecule has 1 fully saturated rings. The minimum Gasteiger partial charge on any atom is -0.497 e. The Labute approximate surface area is 118 Å². The molecule has 1 N–H and O–H groups in total. The number of ether oxygens (including phenoxy) is 1. The number of hydrogen-bond acceptors (Lipinski definition) is 4. The van der Waals surface area contributed by atoms with Crippen LogP contribution in [0.15, 0.2) is 29.3 Å². The first-order chi connectivity index (χ1) is 9.35. The highest BCUT2D eigenvalue weighted by molar-refractivity contribution is 8.14. The molecule has 1 aromatic rings. The van der Waals surface area contributed by atoms with Gasteiger partial charge in [-0.05, 0) is 42.9 Å². The smallest absolute Gasteiger partial charge is 0.156 e. The van der Waals surface area contributed by atoms with E-state index in [0.717, 1.165) is 41.6 Å². The number of thioether (sulfide) groups is 1. The van der Waals surface area contributed by atoms with Gasteiger partial charge in [0.05, 0.1) is 13.7 Å². The molecule has 0 bridgehead atoms. The maximum atomic E-state index is 5.23. The van der Waals surface area contributed by atoms with E-state index in [2.05, 4.69) is 22.4 Å². The summed E-state index contributed by atoms with van der Waals surface area (Å²) in [4.78, 5) is 4.59. The van der Waals surface area contributed by atoms with Gasteiger partial charge in [0.25, 0.3) is 0 Å². The number of amidine groups is 1. The Morgan fingerprint density at radius 2 is 2.32 bits per heavy atom. The zero-order valence-corrected chi connectivity index (χ0v) is 12.1. The number of benzene rings is 1. The monoisotopic (exact) mass is 276 g/mol. The van der Waals surface area contributed by atoms with E-state index in [1.165, 1.54) is 18.4 Å². The van der Waals surface area contributed by atoms with Gasteiger partial charge in [-0.3, -0.25) is 4.99 Å². The SMILES string of the molecule is COc1cccc(CCNC2=NCC(C3CC3)S2)c1. The normalized spacial score (nSPS) is 22.2. The van der Waals surface area contributed by atoms with Crippen LogP contribution in [0.5, 0.6) is 5.75 Å². The minimum atomic E-state index is 0.749. The summed E-state index contributed by atoms with van der Waals surface area (Å²) >= 11 is 1.94. The number of aliphatic imine (C=N–C) groups is 1. The molecule has 0 spiro atoms. The molecule has 0 saturated heterocycles. The zero-order chi connectivity index (χ0) is 13.1. The number of nitrogens with zero attached hydrogens (tertiary/aromatic N) is 1. The molecule has 19 heavy (non-hydrogen) atoms. The topological polar surface area (TPSA) is 33.6 Å². The first-order valence-corrected chi connectivity index (χ1v) is 7.81. The lowest BCUT2D eigenvalue weighted by molar-refractivity contribution is 0.414. The van der Waals surface area contributed by atoms with E-state index in [0.29, 0.717) is 0 Å². The molecule has 1 atom stereocenters. The highest BCUT2D eigenvalue weighted by Gasteiger charge is 2.35. The average Bonchev–Trinajstić information content (AvgIpc) is 3.19. The third-order valence-electron chi connectivity index (χ3n) is 3.65. The van der Waals surface area contributed by atoms with Crippen LogP contribution in [-0.2, 0) is 6.42 Å². The third kappa shape index (κ3) is 3.44. The summed E-state index contributed by atoms with van der Waals surface area (Å²) in [5.74, 6) is 1.87. The lowest BCUT2D eigenvalue weighted by atomic mass is 10.1. The molecule has 2 aliphatic rings. The van der Waals surface area contributed by atoms with Crippen molar-refractivity contribution in [3.05, 3.63) is 29.8 Å². The fourth-order valence-electron chi connectivity index (χ4n) is 2.34. The highest BCUT2D eigenvalue weighted by atomic mass is 32.2. The lowest BCUT2D eigenvalue weighted by Crippen LogP contribution is -2.22. The second-order valence-electron chi connectivity index (χ2n) is 5.17. The first kappa shape index (κ1) is 12.9. The van der Waals surface area contributed by atoms with Crippen molar-refractivity contribution in [2.75, 3.05) is 20.2 Å². The van der Waals surface area contributed by atoms with Gasteiger partial charge in [-0.2, -0.15) is 0 Å². The van der Waals surface area contributed by atoms with E-state index in [1.54, 1.807) is 7.11 Å². The minimum absolute atomic E-state index is 0.749. The number of rotatable bonds is 5. The van der Waals surface area contributed by atoms with Crippen molar-refractivity contribution in [3.8, 4) is 5.75 Å². The van der Waals surface area contributed by atoms with Gasteiger partial charge in [0.1, 0.15) is 5.75 Å². The van der Waals surface area contributed by atoms with Crippen molar-refractivity contribution in [1.29, 1.82) is 0 Å². The summed E-state index contributed by atoms with van der Waals surface area (Å²) < 4.78 is 5.23. The number of hydrogen-bond donors (Lipinski definition) is 1. The highest BCUT2D eigenvalue weighted by Crippen LogP contribution is 2.41. The van der Waals surface area contributed by atoms with E-state index in [1.807, 2.05) is 23.9 Å². The predicted molar refractivity (Wildman–Crippen MR) is 81.1 cm³/mol. The largest absolute Gasteiger partial charge is 0.497 e. The van der Waals surface area contributed by atoms with Gasteiger partial charge in [-0.1, -0.05) is 23.9 Å². The van der Waals surface area contributed by atoms with Crippen LogP contribution in [0.25, 0.3) is 0 Å². The Kier molecular flexibility index (Phi) is 3.97. The third-order valence-corrected chi connectivity index (χ3v) is 4.98. The first-order valence-electron chi connectivity index (χ1n) is 6.93. The van der Waals surface area contributed by atoms with Crippen LogP contribution in [0.2, 0.25) is 0 Å². The molecule has 1 unspecified atom stereocenters. The van der Waals surface area contributed by atoms with Crippen molar-refractivity contribution in [3.63, 3.8) is 0 Å².